The lowest BCUT2D eigenvalue weighted by Crippen LogP contribution is -2.64. The maximum absolute atomic E-state index is 5.53. The van der Waals surface area contributed by atoms with Crippen molar-refractivity contribution in [2.75, 3.05) is 108 Å². The van der Waals surface area contributed by atoms with Crippen LogP contribution in [0.15, 0.2) is 24.3 Å². The summed E-state index contributed by atoms with van der Waals surface area (Å²) in [6.07, 6.45) is 5.69. The van der Waals surface area contributed by atoms with E-state index in [4.69, 9.17) is 18.9 Å². The molecule has 2 aromatic carbocycles. The smallest absolute Gasteiger partial charge is 0.162 e. The predicted molar refractivity (Wildman–Crippen MR) is 204 cm³/mol. The van der Waals surface area contributed by atoms with Gasteiger partial charge in [-0.25, -0.2) is 0 Å². The van der Waals surface area contributed by atoms with Gasteiger partial charge in [-0.2, -0.15) is 0 Å². The zero-order valence-electron chi connectivity index (χ0n) is 31.8. The zero-order valence-corrected chi connectivity index (χ0v) is 31.8. The van der Waals surface area contributed by atoms with Crippen LogP contribution in [0.25, 0.3) is 21.8 Å². The van der Waals surface area contributed by atoms with Crippen molar-refractivity contribution in [3.05, 3.63) is 46.8 Å². The zero-order chi connectivity index (χ0) is 35.7. The number of hydrogen-bond donors (Lipinski definition) is 2. The van der Waals surface area contributed by atoms with Gasteiger partial charge in [-0.15, -0.1) is 0 Å². The maximum atomic E-state index is 5.53. The Bertz CT molecular complexity index is 1800. The van der Waals surface area contributed by atoms with E-state index in [-0.39, 0.29) is 0 Å². The summed E-state index contributed by atoms with van der Waals surface area (Å²) >= 11 is 0. The number of methoxy groups -OCH3 is 4. The second-order valence-corrected chi connectivity index (χ2v) is 15.7. The Labute approximate surface area is 307 Å². The molecule has 0 bridgehead atoms. The van der Waals surface area contributed by atoms with Crippen LogP contribution < -0.4 is 18.9 Å². The van der Waals surface area contributed by atoms with Gasteiger partial charge in [0.15, 0.2) is 23.0 Å². The number of nitrogens with zero attached hydrogens (tertiary/aromatic N) is 6. The van der Waals surface area contributed by atoms with Crippen LogP contribution in [0.4, 0.5) is 0 Å². The average Bonchev–Trinajstić information content (AvgIpc) is 3.74. The van der Waals surface area contributed by atoms with Gasteiger partial charge in [0, 0.05) is 111 Å². The number of aromatic nitrogens is 2. The van der Waals surface area contributed by atoms with Crippen LogP contribution in [0.3, 0.4) is 0 Å². The van der Waals surface area contributed by atoms with E-state index in [1.165, 1.54) is 85.4 Å². The summed E-state index contributed by atoms with van der Waals surface area (Å²) in [5.41, 5.74) is 8.10. The number of nitrogens with one attached hydrogen (secondary N) is 2. The highest BCUT2D eigenvalue weighted by Crippen LogP contribution is 2.45. The molecule has 2 aromatic heterocycles. The van der Waals surface area contributed by atoms with Crippen LogP contribution >= 0.6 is 0 Å². The molecule has 280 valence electrons. The Morgan fingerprint density at radius 3 is 1.33 bits per heavy atom. The van der Waals surface area contributed by atoms with E-state index in [1.807, 2.05) is 0 Å². The number of hydrogen-bond acceptors (Lipinski definition) is 10. The number of ether oxygens (including phenoxy) is 4. The van der Waals surface area contributed by atoms with E-state index in [2.05, 4.69) is 77.7 Å². The first-order chi connectivity index (χ1) is 25.4. The Morgan fingerprint density at radius 1 is 0.519 bits per heavy atom. The summed E-state index contributed by atoms with van der Waals surface area (Å²) in [5.74, 6) is 3.21. The molecule has 4 fully saturated rings. The Balaban J connectivity index is 0.000000138. The third kappa shape index (κ3) is 5.65. The molecule has 0 saturated carbocycles. The van der Waals surface area contributed by atoms with Gasteiger partial charge in [0.2, 0.25) is 0 Å². The monoisotopic (exact) mass is 712 g/mol. The molecule has 0 aliphatic carbocycles. The summed E-state index contributed by atoms with van der Waals surface area (Å²) in [7, 11) is 11.3. The van der Waals surface area contributed by atoms with Gasteiger partial charge in [-0.05, 0) is 63.0 Å². The maximum Gasteiger partial charge on any atom is 0.162 e. The molecule has 4 saturated heterocycles. The minimum Gasteiger partial charge on any atom is -0.493 e. The van der Waals surface area contributed by atoms with Gasteiger partial charge in [0.05, 0.1) is 52.9 Å². The van der Waals surface area contributed by atoms with Gasteiger partial charge in [0.25, 0.3) is 0 Å². The summed E-state index contributed by atoms with van der Waals surface area (Å²) in [4.78, 5) is 23.2. The Hall–Kier alpha value is -3.52. The van der Waals surface area contributed by atoms with Crippen molar-refractivity contribution >= 4 is 21.8 Å². The first kappa shape index (κ1) is 34.3. The molecule has 0 spiro atoms. The van der Waals surface area contributed by atoms with Crippen LogP contribution in [-0.2, 0) is 12.8 Å². The molecule has 2 N–H and O–H groups in total. The van der Waals surface area contributed by atoms with Crippen LogP contribution in [0.5, 0.6) is 23.0 Å². The van der Waals surface area contributed by atoms with E-state index >= 15 is 0 Å². The fourth-order valence-electron chi connectivity index (χ4n) is 10.4. The molecule has 0 amide bonds. The van der Waals surface area contributed by atoms with E-state index in [0.29, 0.717) is 24.4 Å². The minimum atomic E-state index is 0.496. The summed E-state index contributed by atoms with van der Waals surface area (Å²) in [6.45, 7) is 11.7. The fourth-order valence-corrected chi connectivity index (χ4v) is 10.4. The van der Waals surface area contributed by atoms with Gasteiger partial charge in [-0.3, -0.25) is 19.6 Å². The SMILES string of the molecule is COc1cc2[nH]c3c(c2cc1OC)CCN1[C@@H]3CCN2CCN(C)C[C@H]21.COc1cc2[nH]c3c(c2cc1OC)CCN1[C@H]3CCN2CCN(C)C[C@@H]21. The topological polar surface area (TPSA) is 87.9 Å². The molecule has 12 nitrogen and oxygen atoms in total. The summed E-state index contributed by atoms with van der Waals surface area (Å²) in [5, 5.41) is 2.58. The molecule has 6 aliphatic rings. The third-order valence-electron chi connectivity index (χ3n) is 13.1. The molecule has 4 atom stereocenters. The Morgan fingerprint density at radius 2 is 0.923 bits per heavy atom. The quantitative estimate of drug-likeness (QED) is 0.323. The molecule has 6 aliphatic heterocycles. The minimum absolute atomic E-state index is 0.496. The van der Waals surface area contributed by atoms with Crippen LogP contribution in [0, 0.1) is 0 Å². The molecule has 0 radical (unpaired) electrons. The van der Waals surface area contributed by atoms with Crippen LogP contribution in [0.2, 0.25) is 0 Å². The number of benzene rings is 2. The highest BCUT2D eigenvalue weighted by molar-refractivity contribution is 5.89. The number of H-pyrrole nitrogens is 2. The van der Waals surface area contributed by atoms with Gasteiger partial charge < -0.3 is 38.7 Å². The molecule has 4 aromatic rings. The number of fused-ring (bicyclic) bond motifs is 14. The molecule has 8 heterocycles. The second-order valence-electron chi connectivity index (χ2n) is 15.7. The number of likely N-dealkylation sites (N-methyl/N-ethyl adjacent to an activating group) is 2. The number of aromatic amines is 2. The summed E-state index contributed by atoms with van der Waals surface area (Å²) < 4.78 is 22.1. The molecule has 10 rings (SSSR count). The first-order valence-electron chi connectivity index (χ1n) is 19.3. The first-order valence-corrected chi connectivity index (χ1v) is 19.3. The lowest BCUT2D eigenvalue weighted by Gasteiger charge is -2.53. The second kappa shape index (κ2) is 13.7. The van der Waals surface area contributed by atoms with Crippen molar-refractivity contribution in [1.29, 1.82) is 0 Å². The van der Waals surface area contributed by atoms with E-state index in [0.717, 1.165) is 73.1 Å². The molecular formula is C40H56N8O4. The van der Waals surface area contributed by atoms with Crippen LogP contribution in [-0.4, -0.2) is 160 Å². The van der Waals surface area contributed by atoms with Gasteiger partial charge in [0.1, 0.15) is 0 Å². The van der Waals surface area contributed by atoms with Crippen molar-refractivity contribution < 1.29 is 18.9 Å². The van der Waals surface area contributed by atoms with Crippen molar-refractivity contribution in [3.8, 4) is 23.0 Å². The number of rotatable bonds is 4. The van der Waals surface area contributed by atoms with Crippen LogP contribution in [0.1, 0.15) is 47.4 Å². The van der Waals surface area contributed by atoms with Crippen molar-refractivity contribution in [2.24, 2.45) is 0 Å². The van der Waals surface area contributed by atoms with E-state index < -0.39 is 0 Å². The molecule has 52 heavy (non-hydrogen) atoms. The normalized spacial score (nSPS) is 27.0. The van der Waals surface area contributed by atoms with Crippen molar-refractivity contribution in [1.82, 2.24) is 39.4 Å². The van der Waals surface area contributed by atoms with E-state index in [9.17, 15) is 0 Å². The average molecular weight is 713 g/mol. The summed E-state index contributed by atoms with van der Waals surface area (Å²) in [6, 6.07) is 9.44. The van der Waals surface area contributed by atoms with Crippen molar-refractivity contribution in [3.63, 3.8) is 0 Å². The highest BCUT2D eigenvalue weighted by Gasteiger charge is 2.44. The third-order valence-corrected chi connectivity index (χ3v) is 13.1. The Kier molecular flexibility index (Phi) is 9.04. The lowest BCUT2D eigenvalue weighted by molar-refractivity contribution is -0.0772. The van der Waals surface area contributed by atoms with E-state index in [1.54, 1.807) is 28.4 Å². The molecular weight excluding hydrogens is 656 g/mol. The molecule has 0 unspecified atom stereocenters. The van der Waals surface area contributed by atoms with Crippen molar-refractivity contribution in [2.45, 2.75) is 50.1 Å². The number of piperazine rings is 2. The standard InChI is InChI=1S/2C20H28N4O2/c2*1-22-8-9-23-6-5-16-20-13(4-7-24(16)19(23)12-22)14-10-17(25-2)18(26-3)11-15(14)21-20/h2*10-11,16,19,21H,4-9,12H2,1-3H3/t2*16-,19-/m10/s1. The highest BCUT2D eigenvalue weighted by atomic mass is 16.5. The lowest BCUT2D eigenvalue weighted by atomic mass is 9.92. The fraction of sp³-hybridized carbons (Fsp3) is 0.600. The van der Waals surface area contributed by atoms with Gasteiger partial charge >= 0.3 is 0 Å². The largest absolute Gasteiger partial charge is 0.493 e. The predicted octanol–water partition coefficient (Wildman–Crippen LogP) is 4.12. The van der Waals surface area contributed by atoms with Gasteiger partial charge in [-0.1, -0.05) is 0 Å². The molecule has 12 heteroatoms.